The second kappa shape index (κ2) is 8.41. The van der Waals surface area contributed by atoms with Crippen LogP contribution in [0.4, 0.5) is 0 Å². The third-order valence-corrected chi connectivity index (χ3v) is 5.37. The molecular formula is C23H25Cl. The van der Waals surface area contributed by atoms with Crippen LogP contribution in [-0.2, 0) is 0 Å². The molecule has 1 aliphatic rings. The predicted octanol–water partition coefficient (Wildman–Crippen LogP) is 6.81. The van der Waals surface area contributed by atoms with Gasteiger partial charge in [-0.2, -0.15) is 0 Å². The van der Waals surface area contributed by atoms with Crippen molar-refractivity contribution in [3.63, 3.8) is 0 Å². The lowest BCUT2D eigenvalue weighted by atomic mass is 9.77. The summed E-state index contributed by atoms with van der Waals surface area (Å²) in [7, 11) is 0. The molecule has 3 rings (SSSR count). The first-order valence-electron chi connectivity index (χ1n) is 9.12. The number of hydrogen-bond donors (Lipinski definition) is 0. The van der Waals surface area contributed by atoms with Gasteiger partial charge in [0, 0.05) is 16.1 Å². The lowest BCUT2D eigenvalue weighted by molar-refractivity contribution is 0.308. The lowest BCUT2D eigenvalue weighted by Crippen LogP contribution is -2.13. The zero-order chi connectivity index (χ0) is 16.8. The summed E-state index contributed by atoms with van der Waals surface area (Å²) in [6.07, 6.45) is 8.23. The second-order valence-corrected chi connectivity index (χ2v) is 7.32. The van der Waals surface area contributed by atoms with Crippen molar-refractivity contribution in [3.8, 4) is 11.8 Å². The van der Waals surface area contributed by atoms with E-state index >= 15 is 0 Å². The molecule has 0 atom stereocenters. The van der Waals surface area contributed by atoms with Crippen molar-refractivity contribution in [2.75, 3.05) is 0 Å². The van der Waals surface area contributed by atoms with Crippen molar-refractivity contribution in [3.05, 3.63) is 70.2 Å². The number of rotatable bonds is 3. The first-order valence-corrected chi connectivity index (χ1v) is 9.50. The first kappa shape index (κ1) is 17.1. The van der Waals surface area contributed by atoms with Crippen LogP contribution >= 0.6 is 11.6 Å². The smallest absolute Gasteiger partial charge is 0.0406 e. The van der Waals surface area contributed by atoms with E-state index in [2.05, 4.69) is 43.0 Å². The molecule has 0 unspecified atom stereocenters. The van der Waals surface area contributed by atoms with Gasteiger partial charge in [-0.3, -0.25) is 0 Å². The van der Waals surface area contributed by atoms with Crippen molar-refractivity contribution in [1.82, 2.24) is 0 Å². The van der Waals surface area contributed by atoms with Gasteiger partial charge >= 0.3 is 0 Å². The highest BCUT2D eigenvalue weighted by atomic mass is 35.5. The molecule has 0 N–H and O–H groups in total. The Morgan fingerprint density at radius 3 is 1.92 bits per heavy atom. The van der Waals surface area contributed by atoms with E-state index in [1.807, 2.05) is 24.3 Å². The summed E-state index contributed by atoms with van der Waals surface area (Å²) >= 11 is 5.90. The van der Waals surface area contributed by atoms with E-state index in [0.29, 0.717) is 0 Å². The van der Waals surface area contributed by atoms with Gasteiger partial charge in [0.1, 0.15) is 0 Å². The van der Waals surface area contributed by atoms with E-state index in [1.165, 1.54) is 44.1 Å². The molecule has 0 spiro atoms. The largest absolute Gasteiger partial charge is 0.0843 e. The molecular weight excluding hydrogens is 312 g/mol. The fourth-order valence-corrected chi connectivity index (χ4v) is 3.83. The zero-order valence-electron chi connectivity index (χ0n) is 14.4. The fraction of sp³-hybridized carbons (Fsp3) is 0.391. The van der Waals surface area contributed by atoms with Gasteiger partial charge in [0.15, 0.2) is 0 Å². The van der Waals surface area contributed by atoms with Gasteiger partial charge in [0.2, 0.25) is 0 Å². The maximum atomic E-state index is 5.90. The van der Waals surface area contributed by atoms with Gasteiger partial charge in [0.05, 0.1) is 0 Å². The van der Waals surface area contributed by atoms with Gasteiger partial charge in [-0.1, -0.05) is 55.3 Å². The van der Waals surface area contributed by atoms with Crippen molar-refractivity contribution in [1.29, 1.82) is 0 Å². The Balaban J connectivity index is 1.61. The fourth-order valence-electron chi connectivity index (χ4n) is 3.71. The molecule has 0 heterocycles. The highest BCUT2D eigenvalue weighted by Gasteiger charge is 2.21. The van der Waals surface area contributed by atoms with Gasteiger partial charge in [-0.15, -0.1) is 0 Å². The van der Waals surface area contributed by atoms with Crippen molar-refractivity contribution in [2.24, 2.45) is 5.92 Å². The maximum Gasteiger partial charge on any atom is 0.0406 e. The standard InChI is InChI=1S/C23H25Cl/c1-2-3-18-6-12-21(13-7-18)22-14-8-19(9-15-22)4-5-20-10-16-23(24)17-11-20/h8-11,14-18,21H,2-3,6-7,12-13H2,1H3. The molecule has 0 saturated heterocycles. The minimum absolute atomic E-state index is 0.747. The number of benzene rings is 2. The normalized spacial score (nSPS) is 20.2. The number of halogens is 1. The molecule has 1 aliphatic carbocycles. The molecule has 1 saturated carbocycles. The lowest BCUT2D eigenvalue weighted by Gasteiger charge is -2.28. The van der Waals surface area contributed by atoms with Crippen molar-refractivity contribution in [2.45, 2.75) is 51.4 Å². The third kappa shape index (κ3) is 4.65. The summed E-state index contributed by atoms with van der Waals surface area (Å²) in [5.74, 6) is 8.15. The molecule has 24 heavy (non-hydrogen) atoms. The van der Waals surface area contributed by atoms with Gasteiger partial charge in [0.25, 0.3) is 0 Å². The minimum Gasteiger partial charge on any atom is -0.0843 e. The Morgan fingerprint density at radius 2 is 1.38 bits per heavy atom. The topological polar surface area (TPSA) is 0 Å². The average molecular weight is 337 g/mol. The summed E-state index contributed by atoms with van der Waals surface area (Å²) in [6.45, 7) is 2.30. The van der Waals surface area contributed by atoms with Gasteiger partial charge < -0.3 is 0 Å². The van der Waals surface area contributed by atoms with Gasteiger partial charge in [-0.25, -0.2) is 0 Å². The van der Waals surface area contributed by atoms with E-state index < -0.39 is 0 Å². The third-order valence-electron chi connectivity index (χ3n) is 5.12. The molecule has 0 nitrogen and oxygen atoms in total. The quantitative estimate of drug-likeness (QED) is 0.540. The predicted molar refractivity (Wildman–Crippen MR) is 103 cm³/mol. The van der Waals surface area contributed by atoms with Crippen LogP contribution in [0.2, 0.25) is 5.02 Å². The van der Waals surface area contributed by atoms with Crippen LogP contribution in [0.25, 0.3) is 0 Å². The zero-order valence-corrected chi connectivity index (χ0v) is 15.2. The Kier molecular flexibility index (Phi) is 6.00. The second-order valence-electron chi connectivity index (χ2n) is 6.89. The molecule has 0 aliphatic heterocycles. The van der Waals surface area contributed by atoms with Crippen LogP contribution in [-0.4, -0.2) is 0 Å². The Morgan fingerprint density at radius 1 is 0.833 bits per heavy atom. The van der Waals surface area contributed by atoms with Crippen molar-refractivity contribution < 1.29 is 0 Å². The molecule has 1 heteroatoms. The van der Waals surface area contributed by atoms with Crippen LogP contribution in [0.1, 0.15) is 68.1 Å². The summed E-state index contributed by atoms with van der Waals surface area (Å²) < 4.78 is 0. The molecule has 0 radical (unpaired) electrons. The highest BCUT2D eigenvalue weighted by molar-refractivity contribution is 6.30. The Bertz CT molecular complexity index is 692. The van der Waals surface area contributed by atoms with Gasteiger partial charge in [-0.05, 0) is 79.5 Å². The molecule has 124 valence electrons. The molecule has 2 aromatic carbocycles. The highest BCUT2D eigenvalue weighted by Crippen LogP contribution is 2.37. The van der Waals surface area contributed by atoms with Crippen LogP contribution in [0.15, 0.2) is 48.5 Å². The van der Waals surface area contributed by atoms with Crippen LogP contribution < -0.4 is 0 Å². The molecule has 0 aromatic heterocycles. The van der Waals surface area contributed by atoms with Crippen LogP contribution in [0.5, 0.6) is 0 Å². The van der Waals surface area contributed by atoms with E-state index in [1.54, 1.807) is 0 Å². The Hall–Kier alpha value is -1.71. The van der Waals surface area contributed by atoms with E-state index in [0.717, 1.165) is 28.0 Å². The molecule has 0 amide bonds. The minimum atomic E-state index is 0.747. The summed E-state index contributed by atoms with van der Waals surface area (Å²) in [4.78, 5) is 0. The first-order chi connectivity index (χ1) is 11.7. The monoisotopic (exact) mass is 336 g/mol. The summed E-state index contributed by atoms with van der Waals surface area (Å²) in [5, 5.41) is 0.749. The molecule has 0 bridgehead atoms. The molecule has 1 fully saturated rings. The van der Waals surface area contributed by atoms with Crippen LogP contribution in [0.3, 0.4) is 0 Å². The van der Waals surface area contributed by atoms with Crippen molar-refractivity contribution >= 4 is 11.6 Å². The van der Waals surface area contributed by atoms with E-state index in [9.17, 15) is 0 Å². The number of hydrogen-bond acceptors (Lipinski definition) is 0. The van der Waals surface area contributed by atoms with E-state index in [4.69, 9.17) is 11.6 Å². The SMILES string of the molecule is CCCC1CCC(c2ccc(C#Cc3ccc(Cl)cc3)cc2)CC1. The summed E-state index contributed by atoms with van der Waals surface area (Å²) in [5.41, 5.74) is 3.56. The van der Waals surface area contributed by atoms with Crippen LogP contribution in [0, 0.1) is 17.8 Å². The average Bonchev–Trinajstić information content (AvgIpc) is 2.63. The van der Waals surface area contributed by atoms with E-state index in [-0.39, 0.29) is 0 Å². The maximum absolute atomic E-state index is 5.90. The molecule has 2 aromatic rings. The summed E-state index contributed by atoms with van der Waals surface area (Å²) in [6, 6.07) is 16.5. The Labute approximate surface area is 151 Å².